The van der Waals surface area contributed by atoms with Crippen LogP contribution < -0.4 is 0 Å². The number of hydrogen-bond acceptors (Lipinski definition) is 5. The smallest absolute Gasteiger partial charge is 0.323 e. The van der Waals surface area contributed by atoms with Crippen molar-refractivity contribution >= 4 is 11.9 Å². The van der Waals surface area contributed by atoms with Crippen LogP contribution in [0.1, 0.15) is 53.4 Å². The zero-order chi connectivity index (χ0) is 16.0. The Morgan fingerprint density at radius 2 is 1.86 bits per heavy atom. The predicted octanol–water partition coefficient (Wildman–Crippen LogP) is 2.38. The van der Waals surface area contributed by atoms with E-state index in [2.05, 4.69) is 11.8 Å². The summed E-state index contributed by atoms with van der Waals surface area (Å²) in [5.74, 6) is -0.693. The Morgan fingerprint density at radius 1 is 1.19 bits per heavy atom. The first-order chi connectivity index (χ1) is 9.78. The van der Waals surface area contributed by atoms with Crippen LogP contribution >= 0.6 is 0 Å². The first-order valence-electron chi connectivity index (χ1n) is 7.83. The van der Waals surface area contributed by atoms with E-state index in [0.717, 1.165) is 25.8 Å². The van der Waals surface area contributed by atoms with Crippen LogP contribution in [0.4, 0.5) is 0 Å². The van der Waals surface area contributed by atoms with Gasteiger partial charge in [-0.15, -0.1) is 0 Å². The molecule has 0 bridgehead atoms. The monoisotopic (exact) mass is 299 g/mol. The fourth-order valence-electron chi connectivity index (χ4n) is 2.67. The minimum absolute atomic E-state index is 0.228. The molecule has 1 aliphatic rings. The van der Waals surface area contributed by atoms with E-state index in [0.29, 0.717) is 13.0 Å². The van der Waals surface area contributed by atoms with Crippen LogP contribution in [0.25, 0.3) is 0 Å². The van der Waals surface area contributed by atoms with Crippen molar-refractivity contribution in [2.24, 2.45) is 5.92 Å². The molecule has 2 atom stereocenters. The van der Waals surface area contributed by atoms with Gasteiger partial charge in [-0.1, -0.05) is 19.8 Å². The fourth-order valence-corrected chi connectivity index (χ4v) is 2.67. The lowest BCUT2D eigenvalue weighted by Crippen LogP contribution is -2.40. The number of carbonyl (C=O) groups excluding carboxylic acids is 2. The molecule has 1 heterocycles. The summed E-state index contributed by atoms with van der Waals surface area (Å²) in [6, 6.07) is -0.329. The second-order valence-electron chi connectivity index (χ2n) is 6.71. The zero-order valence-electron chi connectivity index (χ0n) is 14.0. The van der Waals surface area contributed by atoms with Crippen LogP contribution in [-0.4, -0.2) is 48.7 Å². The number of likely N-dealkylation sites (tertiary alicyclic amines) is 1. The Balaban J connectivity index is 2.70. The van der Waals surface area contributed by atoms with E-state index < -0.39 is 5.60 Å². The second kappa shape index (κ2) is 7.78. The van der Waals surface area contributed by atoms with Gasteiger partial charge in [0.25, 0.3) is 0 Å². The molecule has 1 rings (SSSR count). The molecule has 122 valence electrons. The first-order valence-corrected chi connectivity index (χ1v) is 7.83. The van der Waals surface area contributed by atoms with Crippen molar-refractivity contribution in [3.8, 4) is 0 Å². The van der Waals surface area contributed by atoms with Crippen LogP contribution in [0, 0.1) is 5.92 Å². The van der Waals surface area contributed by atoms with Gasteiger partial charge in [0, 0.05) is 6.54 Å². The molecule has 0 aromatic heterocycles. The summed E-state index contributed by atoms with van der Waals surface area (Å²) in [5, 5.41) is 0. The van der Waals surface area contributed by atoms with E-state index in [4.69, 9.17) is 9.47 Å². The van der Waals surface area contributed by atoms with Crippen molar-refractivity contribution in [3.05, 3.63) is 0 Å². The quantitative estimate of drug-likeness (QED) is 0.557. The number of unbranched alkanes of at least 4 members (excludes halogenated alkanes) is 2. The highest BCUT2D eigenvalue weighted by atomic mass is 16.6. The summed E-state index contributed by atoms with van der Waals surface area (Å²) < 4.78 is 10.3. The van der Waals surface area contributed by atoms with E-state index >= 15 is 0 Å². The maximum atomic E-state index is 12.3. The molecule has 0 amide bonds. The molecule has 21 heavy (non-hydrogen) atoms. The third-order valence-electron chi connectivity index (χ3n) is 3.67. The Bertz CT molecular complexity index is 362. The Labute approximate surface area is 128 Å². The van der Waals surface area contributed by atoms with Gasteiger partial charge in [0.05, 0.1) is 13.0 Å². The molecule has 5 nitrogen and oxygen atoms in total. The highest BCUT2D eigenvalue weighted by Gasteiger charge is 2.41. The van der Waals surface area contributed by atoms with E-state index in [1.165, 1.54) is 7.11 Å². The zero-order valence-corrected chi connectivity index (χ0v) is 14.0. The number of methoxy groups -OCH3 is 1. The summed E-state index contributed by atoms with van der Waals surface area (Å²) in [6.45, 7) is 9.13. The molecule has 0 aliphatic carbocycles. The summed E-state index contributed by atoms with van der Waals surface area (Å²) in [5.41, 5.74) is -0.504. The van der Waals surface area contributed by atoms with Crippen molar-refractivity contribution in [1.82, 2.24) is 4.90 Å². The molecule has 0 aromatic carbocycles. The lowest BCUT2D eigenvalue weighted by atomic mass is 10.1. The standard InChI is InChI=1S/C16H29NO4/c1-6-7-8-9-17-11-12(14(18)20-5)10-13(17)15(19)21-16(2,3)4/h12-13H,6-11H2,1-5H3. The molecular weight excluding hydrogens is 270 g/mol. The lowest BCUT2D eigenvalue weighted by Gasteiger charge is -2.27. The van der Waals surface area contributed by atoms with Gasteiger partial charge in [-0.3, -0.25) is 14.5 Å². The third kappa shape index (κ3) is 5.65. The third-order valence-corrected chi connectivity index (χ3v) is 3.67. The molecule has 0 radical (unpaired) electrons. The SMILES string of the molecule is CCCCCN1CC(C(=O)OC)CC1C(=O)OC(C)(C)C. The van der Waals surface area contributed by atoms with E-state index in [9.17, 15) is 9.59 Å². The van der Waals surface area contributed by atoms with Gasteiger partial charge in [-0.25, -0.2) is 0 Å². The van der Waals surface area contributed by atoms with E-state index in [1.807, 2.05) is 20.8 Å². The number of nitrogens with zero attached hydrogens (tertiary/aromatic N) is 1. The van der Waals surface area contributed by atoms with Gasteiger partial charge in [-0.05, 0) is 40.2 Å². The predicted molar refractivity (Wildman–Crippen MR) is 80.9 cm³/mol. The summed E-state index contributed by atoms with van der Waals surface area (Å²) in [6.07, 6.45) is 3.78. The molecule has 5 heteroatoms. The second-order valence-corrected chi connectivity index (χ2v) is 6.71. The molecule has 0 N–H and O–H groups in total. The number of esters is 2. The molecule has 2 unspecified atom stereocenters. The van der Waals surface area contributed by atoms with Crippen LogP contribution in [0.5, 0.6) is 0 Å². The van der Waals surface area contributed by atoms with Crippen molar-refractivity contribution in [3.63, 3.8) is 0 Å². The van der Waals surface area contributed by atoms with Crippen molar-refractivity contribution < 1.29 is 19.1 Å². The van der Waals surface area contributed by atoms with Gasteiger partial charge in [0.1, 0.15) is 11.6 Å². The molecule has 1 fully saturated rings. The summed E-state index contributed by atoms with van der Waals surface area (Å²) in [4.78, 5) is 26.2. The minimum Gasteiger partial charge on any atom is -0.469 e. The fraction of sp³-hybridized carbons (Fsp3) is 0.875. The van der Waals surface area contributed by atoms with Gasteiger partial charge < -0.3 is 9.47 Å². The van der Waals surface area contributed by atoms with Crippen molar-refractivity contribution in [1.29, 1.82) is 0 Å². The van der Waals surface area contributed by atoms with Crippen LogP contribution in [0.15, 0.2) is 0 Å². The van der Waals surface area contributed by atoms with Gasteiger partial charge >= 0.3 is 11.9 Å². The maximum absolute atomic E-state index is 12.3. The number of carbonyl (C=O) groups is 2. The maximum Gasteiger partial charge on any atom is 0.323 e. The van der Waals surface area contributed by atoms with Gasteiger partial charge in [-0.2, -0.15) is 0 Å². The Kier molecular flexibility index (Phi) is 6.65. The molecule has 1 aliphatic heterocycles. The van der Waals surface area contributed by atoms with Crippen LogP contribution in [0.2, 0.25) is 0 Å². The molecular formula is C16H29NO4. The minimum atomic E-state index is -0.504. The first kappa shape index (κ1) is 18.0. The molecule has 0 spiro atoms. The summed E-state index contributed by atoms with van der Waals surface area (Å²) >= 11 is 0. The number of hydrogen-bond donors (Lipinski definition) is 0. The summed E-state index contributed by atoms with van der Waals surface area (Å²) in [7, 11) is 1.39. The number of rotatable bonds is 6. The Morgan fingerprint density at radius 3 is 2.38 bits per heavy atom. The molecule has 0 aromatic rings. The Hall–Kier alpha value is -1.10. The van der Waals surface area contributed by atoms with Gasteiger partial charge in [0.15, 0.2) is 0 Å². The lowest BCUT2D eigenvalue weighted by molar-refractivity contribution is -0.160. The highest BCUT2D eigenvalue weighted by molar-refractivity contribution is 5.80. The van der Waals surface area contributed by atoms with Crippen LogP contribution in [-0.2, 0) is 19.1 Å². The topological polar surface area (TPSA) is 55.8 Å². The average molecular weight is 299 g/mol. The normalized spacial score (nSPS) is 23.1. The largest absolute Gasteiger partial charge is 0.469 e. The number of ether oxygens (including phenoxy) is 2. The highest BCUT2D eigenvalue weighted by Crippen LogP contribution is 2.27. The van der Waals surface area contributed by atoms with Crippen LogP contribution in [0.3, 0.4) is 0 Å². The molecule has 1 saturated heterocycles. The molecule has 0 saturated carbocycles. The van der Waals surface area contributed by atoms with E-state index in [1.54, 1.807) is 0 Å². The van der Waals surface area contributed by atoms with Crippen molar-refractivity contribution in [2.45, 2.75) is 65.0 Å². The van der Waals surface area contributed by atoms with E-state index in [-0.39, 0.29) is 23.9 Å². The van der Waals surface area contributed by atoms with Gasteiger partial charge in [0.2, 0.25) is 0 Å². The average Bonchev–Trinajstić information content (AvgIpc) is 2.80. The van der Waals surface area contributed by atoms with Crippen molar-refractivity contribution in [2.75, 3.05) is 20.2 Å².